The van der Waals surface area contributed by atoms with Gasteiger partial charge in [-0.25, -0.2) is 0 Å². The minimum Gasteiger partial charge on any atom is -0.331 e. The van der Waals surface area contributed by atoms with E-state index >= 15 is 0 Å². The van der Waals surface area contributed by atoms with Gasteiger partial charge >= 0.3 is 6.18 Å². The third-order valence-corrected chi connectivity index (χ3v) is 4.10. The van der Waals surface area contributed by atoms with E-state index in [-0.39, 0.29) is 24.4 Å². The highest BCUT2D eigenvalue weighted by Gasteiger charge is 2.41. The fourth-order valence-corrected chi connectivity index (χ4v) is 2.50. The van der Waals surface area contributed by atoms with Crippen LogP contribution in [0.2, 0.25) is 0 Å². The summed E-state index contributed by atoms with van der Waals surface area (Å²) in [4.78, 5) is 13.1. The maximum absolute atomic E-state index is 12.6. The molecular formula is C13H21F3N2O. The van der Waals surface area contributed by atoms with Gasteiger partial charge in [-0.15, -0.1) is 0 Å². The van der Waals surface area contributed by atoms with Crippen LogP contribution in [0.4, 0.5) is 13.2 Å². The molecule has 2 atom stereocenters. The zero-order chi connectivity index (χ0) is 14.2. The molecule has 0 bridgehead atoms. The van der Waals surface area contributed by atoms with Crippen molar-refractivity contribution in [3.63, 3.8) is 0 Å². The summed E-state index contributed by atoms with van der Waals surface area (Å²) in [7, 11) is 0. The number of hydrogen-bond acceptors (Lipinski definition) is 2. The van der Waals surface area contributed by atoms with Gasteiger partial charge in [-0.05, 0) is 44.4 Å². The molecule has 19 heavy (non-hydrogen) atoms. The van der Waals surface area contributed by atoms with E-state index in [1.165, 1.54) is 0 Å². The molecule has 2 fully saturated rings. The van der Waals surface area contributed by atoms with E-state index in [9.17, 15) is 18.0 Å². The Kier molecular flexibility index (Phi) is 4.08. The van der Waals surface area contributed by atoms with E-state index in [2.05, 4.69) is 0 Å². The molecule has 1 amide bonds. The van der Waals surface area contributed by atoms with Crippen molar-refractivity contribution in [3.8, 4) is 0 Å². The number of amides is 1. The van der Waals surface area contributed by atoms with Gasteiger partial charge in [0.2, 0.25) is 5.91 Å². The summed E-state index contributed by atoms with van der Waals surface area (Å²) in [6.45, 7) is 0.560. The molecule has 0 heterocycles. The molecule has 0 aromatic carbocycles. The Balaban J connectivity index is 1.95. The summed E-state index contributed by atoms with van der Waals surface area (Å²) >= 11 is 0. The first-order chi connectivity index (χ1) is 8.78. The van der Waals surface area contributed by atoms with Crippen LogP contribution >= 0.6 is 0 Å². The highest BCUT2D eigenvalue weighted by Crippen LogP contribution is 2.37. The maximum Gasteiger partial charge on any atom is 0.406 e. The van der Waals surface area contributed by atoms with Gasteiger partial charge in [0, 0.05) is 18.5 Å². The minimum atomic E-state index is -4.34. The first-order valence-electron chi connectivity index (χ1n) is 6.89. The normalized spacial score (nSPS) is 23.0. The van der Waals surface area contributed by atoms with E-state index < -0.39 is 18.6 Å². The number of hydrogen-bond donors (Lipinski definition) is 1. The lowest BCUT2D eigenvalue weighted by Gasteiger charge is -2.31. The Labute approximate surface area is 111 Å². The van der Waals surface area contributed by atoms with E-state index in [0.717, 1.165) is 30.6 Å². The Morgan fingerprint density at radius 3 is 2.21 bits per heavy atom. The number of nitrogens with zero attached hydrogens (tertiary/aromatic N) is 1. The summed E-state index contributed by atoms with van der Waals surface area (Å²) in [6, 6.07) is -0.616. The Morgan fingerprint density at radius 1 is 1.26 bits per heavy atom. The summed E-state index contributed by atoms with van der Waals surface area (Å²) in [6.07, 6.45) is -0.493. The molecule has 0 radical (unpaired) electrons. The number of rotatable bonds is 6. The largest absolute Gasteiger partial charge is 0.406 e. The lowest BCUT2D eigenvalue weighted by Crippen LogP contribution is -2.47. The second kappa shape index (κ2) is 5.31. The van der Waals surface area contributed by atoms with Gasteiger partial charge in [-0.3, -0.25) is 4.79 Å². The Bertz CT molecular complexity index is 337. The van der Waals surface area contributed by atoms with Crippen molar-refractivity contribution in [2.24, 2.45) is 17.6 Å². The highest BCUT2D eigenvalue weighted by atomic mass is 19.4. The van der Waals surface area contributed by atoms with Gasteiger partial charge in [0.05, 0.1) is 0 Å². The van der Waals surface area contributed by atoms with Crippen LogP contribution < -0.4 is 5.73 Å². The molecule has 0 aromatic heterocycles. The summed E-state index contributed by atoms with van der Waals surface area (Å²) in [5, 5.41) is 0. The number of halogens is 3. The number of carbonyl (C=O) groups is 1. The average Bonchev–Trinajstić information content (AvgIpc) is 3.17. The SMILES string of the molecule is CC(C1CC1)N(CC(F)(F)F)C(=O)CC(N)C1CC1. The van der Waals surface area contributed by atoms with Gasteiger partial charge in [0.15, 0.2) is 0 Å². The van der Waals surface area contributed by atoms with Crippen LogP contribution in [-0.2, 0) is 4.79 Å². The molecule has 2 saturated carbocycles. The average molecular weight is 278 g/mol. The van der Waals surface area contributed by atoms with Crippen molar-refractivity contribution >= 4 is 5.91 Å². The molecule has 0 aromatic rings. The van der Waals surface area contributed by atoms with Crippen molar-refractivity contribution in [2.75, 3.05) is 6.54 Å². The number of alkyl halides is 3. The summed E-state index contributed by atoms with van der Waals surface area (Å²) in [5.41, 5.74) is 5.84. The van der Waals surface area contributed by atoms with Crippen LogP contribution in [-0.4, -0.2) is 35.6 Å². The topological polar surface area (TPSA) is 46.3 Å². The zero-order valence-electron chi connectivity index (χ0n) is 11.1. The van der Waals surface area contributed by atoms with Crippen molar-refractivity contribution < 1.29 is 18.0 Å². The second-order valence-electron chi connectivity index (χ2n) is 5.92. The van der Waals surface area contributed by atoms with Gasteiger partial charge in [-0.2, -0.15) is 13.2 Å². The van der Waals surface area contributed by atoms with E-state index in [4.69, 9.17) is 5.73 Å². The summed E-state index contributed by atoms with van der Waals surface area (Å²) in [5.74, 6) is 0.104. The minimum absolute atomic E-state index is 0.0395. The fourth-order valence-electron chi connectivity index (χ4n) is 2.50. The standard InChI is InChI=1S/C13H21F3N2O/c1-8(9-2-3-9)18(7-13(14,15)16)12(19)6-11(17)10-4-5-10/h8-11H,2-7,17H2,1H3. The molecule has 110 valence electrons. The van der Waals surface area contributed by atoms with Crippen molar-refractivity contribution in [2.45, 2.75) is 57.3 Å². The van der Waals surface area contributed by atoms with Crippen LogP contribution in [0, 0.1) is 11.8 Å². The van der Waals surface area contributed by atoms with Gasteiger partial charge in [0.25, 0.3) is 0 Å². The Hall–Kier alpha value is -0.780. The predicted octanol–water partition coefficient (Wildman–Crippen LogP) is 2.30. The quantitative estimate of drug-likeness (QED) is 0.810. The molecule has 3 nitrogen and oxygen atoms in total. The molecule has 2 unspecified atom stereocenters. The lowest BCUT2D eigenvalue weighted by atomic mass is 10.1. The predicted molar refractivity (Wildman–Crippen MR) is 65.3 cm³/mol. The van der Waals surface area contributed by atoms with Crippen LogP contribution in [0.15, 0.2) is 0 Å². The van der Waals surface area contributed by atoms with Crippen LogP contribution in [0.25, 0.3) is 0 Å². The van der Waals surface area contributed by atoms with E-state index in [1.54, 1.807) is 6.92 Å². The van der Waals surface area contributed by atoms with Crippen LogP contribution in [0.1, 0.15) is 39.0 Å². The van der Waals surface area contributed by atoms with Crippen LogP contribution in [0.5, 0.6) is 0 Å². The molecule has 2 aliphatic rings. The number of nitrogens with two attached hydrogens (primary N) is 1. The maximum atomic E-state index is 12.6. The smallest absolute Gasteiger partial charge is 0.331 e. The van der Waals surface area contributed by atoms with E-state index in [1.807, 2.05) is 0 Å². The van der Waals surface area contributed by atoms with Gasteiger partial charge in [-0.1, -0.05) is 0 Å². The molecule has 0 spiro atoms. The first-order valence-corrected chi connectivity index (χ1v) is 6.89. The second-order valence-corrected chi connectivity index (χ2v) is 5.92. The van der Waals surface area contributed by atoms with Gasteiger partial charge < -0.3 is 10.6 Å². The molecule has 2 rings (SSSR count). The molecule has 0 aliphatic heterocycles. The highest BCUT2D eigenvalue weighted by molar-refractivity contribution is 5.77. The zero-order valence-corrected chi connectivity index (χ0v) is 11.1. The first kappa shape index (κ1) is 14.6. The Morgan fingerprint density at radius 2 is 1.79 bits per heavy atom. The third-order valence-electron chi connectivity index (χ3n) is 4.10. The van der Waals surface area contributed by atoms with Crippen molar-refractivity contribution in [3.05, 3.63) is 0 Å². The lowest BCUT2D eigenvalue weighted by molar-refractivity contribution is -0.166. The molecule has 0 saturated heterocycles. The number of carbonyl (C=O) groups excluding carboxylic acids is 1. The molecule has 2 N–H and O–H groups in total. The van der Waals surface area contributed by atoms with Gasteiger partial charge in [0.1, 0.15) is 6.54 Å². The molecule has 6 heteroatoms. The summed E-state index contributed by atoms with van der Waals surface area (Å²) < 4.78 is 37.8. The molecular weight excluding hydrogens is 257 g/mol. The van der Waals surface area contributed by atoms with Crippen molar-refractivity contribution in [1.82, 2.24) is 4.90 Å². The van der Waals surface area contributed by atoms with E-state index in [0.29, 0.717) is 5.92 Å². The monoisotopic (exact) mass is 278 g/mol. The molecule has 2 aliphatic carbocycles. The third kappa shape index (κ3) is 4.37. The van der Waals surface area contributed by atoms with Crippen molar-refractivity contribution in [1.29, 1.82) is 0 Å². The van der Waals surface area contributed by atoms with Crippen LogP contribution in [0.3, 0.4) is 0 Å². The fraction of sp³-hybridized carbons (Fsp3) is 0.923.